The van der Waals surface area contributed by atoms with Crippen LogP contribution in [0.3, 0.4) is 0 Å². The normalized spacial score (nSPS) is 17.5. The molecule has 0 unspecified atom stereocenters. The summed E-state index contributed by atoms with van der Waals surface area (Å²) in [6.07, 6.45) is 3.50. The van der Waals surface area contributed by atoms with Gasteiger partial charge in [-0.15, -0.1) is 0 Å². The first-order valence-electron chi connectivity index (χ1n) is 10.6. The molecule has 1 aliphatic heterocycles. The zero-order chi connectivity index (χ0) is 23.0. The van der Waals surface area contributed by atoms with Crippen molar-refractivity contribution in [3.05, 3.63) is 74.3 Å². The quantitative estimate of drug-likeness (QED) is 0.655. The maximum absolute atomic E-state index is 13.1. The lowest BCUT2D eigenvalue weighted by molar-refractivity contribution is -0.133. The summed E-state index contributed by atoms with van der Waals surface area (Å²) in [7, 11) is 3.04. The van der Waals surface area contributed by atoms with Gasteiger partial charge in [0, 0.05) is 39.3 Å². The predicted octanol–water partition coefficient (Wildman–Crippen LogP) is 1.05. The Balaban J connectivity index is 1.60. The molecule has 0 bridgehead atoms. The highest BCUT2D eigenvalue weighted by atomic mass is 19.1. The number of amides is 1. The standard InChI is InChI=1S/C23H26FN5O3/c1-27-20-19(22(31)28(2)23(27)32)17(9-10-26-20)15-4-3-11-29(13-15)21(30)18(25)12-14-5-7-16(24)8-6-14/h5-10,15,18H,3-4,11-13,25H2,1-2H3/t15-,18+/m1/s1. The second-order valence-electron chi connectivity index (χ2n) is 8.37. The molecule has 1 amide bonds. The Labute approximate surface area is 184 Å². The molecule has 2 atom stereocenters. The average Bonchev–Trinajstić information content (AvgIpc) is 2.81. The van der Waals surface area contributed by atoms with E-state index in [2.05, 4.69) is 4.98 Å². The lowest BCUT2D eigenvalue weighted by atomic mass is 9.89. The maximum Gasteiger partial charge on any atom is 0.332 e. The van der Waals surface area contributed by atoms with E-state index in [4.69, 9.17) is 5.73 Å². The Bertz CT molecular complexity index is 1280. The van der Waals surface area contributed by atoms with Gasteiger partial charge in [-0.3, -0.25) is 18.7 Å². The number of hydrogen-bond acceptors (Lipinski definition) is 5. The molecule has 1 aliphatic rings. The van der Waals surface area contributed by atoms with Crippen molar-refractivity contribution in [2.75, 3.05) is 13.1 Å². The van der Waals surface area contributed by atoms with Gasteiger partial charge < -0.3 is 10.6 Å². The molecule has 8 nitrogen and oxygen atoms in total. The van der Waals surface area contributed by atoms with Gasteiger partial charge in [-0.1, -0.05) is 12.1 Å². The van der Waals surface area contributed by atoms with Gasteiger partial charge in [-0.25, -0.2) is 14.2 Å². The third-order valence-electron chi connectivity index (χ3n) is 6.23. The number of benzene rings is 1. The second-order valence-corrected chi connectivity index (χ2v) is 8.37. The van der Waals surface area contributed by atoms with E-state index in [1.165, 1.54) is 23.7 Å². The SMILES string of the molecule is Cn1c(=O)c2c([C@@H]3CCCN(C(=O)[C@@H](N)Cc4ccc(F)cc4)C3)ccnc2n(C)c1=O. The van der Waals surface area contributed by atoms with Crippen LogP contribution in [0.5, 0.6) is 0 Å². The fourth-order valence-corrected chi connectivity index (χ4v) is 4.48. The number of pyridine rings is 1. The lowest BCUT2D eigenvalue weighted by Crippen LogP contribution is -2.48. The molecule has 3 aromatic rings. The van der Waals surface area contributed by atoms with Crippen LogP contribution in [0.25, 0.3) is 11.0 Å². The number of aromatic nitrogens is 3. The molecule has 168 valence electrons. The molecule has 0 spiro atoms. The number of rotatable bonds is 4. The predicted molar refractivity (Wildman–Crippen MR) is 119 cm³/mol. The average molecular weight is 439 g/mol. The molecular formula is C23H26FN5O3. The molecular weight excluding hydrogens is 413 g/mol. The summed E-state index contributed by atoms with van der Waals surface area (Å²) in [6, 6.07) is 7.03. The second kappa shape index (κ2) is 8.66. The van der Waals surface area contributed by atoms with Crippen LogP contribution in [-0.4, -0.2) is 44.1 Å². The van der Waals surface area contributed by atoms with Gasteiger partial charge in [0.15, 0.2) is 0 Å². The molecule has 2 aromatic heterocycles. The molecule has 0 saturated carbocycles. The number of nitrogens with zero attached hydrogens (tertiary/aromatic N) is 4. The fourth-order valence-electron chi connectivity index (χ4n) is 4.48. The molecule has 3 heterocycles. The number of likely N-dealkylation sites (tertiary alicyclic amines) is 1. The molecule has 2 N–H and O–H groups in total. The van der Waals surface area contributed by atoms with E-state index in [-0.39, 0.29) is 23.2 Å². The Morgan fingerprint density at radius 3 is 2.62 bits per heavy atom. The fraction of sp³-hybridized carbons (Fsp3) is 0.391. The minimum absolute atomic E-state index is 0.0681. The lowest BCUT2D eigenvalue weighted by Gasteiger charge is -2.35. The highest BCUT2D eigenvalue weighted by Gasteiger charge is 2.30. The van der Waals surface area contributed by atoms with Gasteiger partial charge >= 0.3 is 5.69 Å². The molecule has 9 heteroatoms. The van der Waals surface area contributed by atoms with E-state index in [9.17, 15) is 18.8 Å². The third-order valence-corrected chi connectivity index (χ3v) is 6.23. The first-order valence-corrected chi connectivity index (χ1v) is 10.6. The number of nitrogens with two attached hydrogens (primary N) is 1. The molecule has 1 saturated heterocycles. The number of piperidine rings is 1. The van der Waals surface area contributed by atoms with Crippen molar-refractivity contribution in [1.29, 1.82) is 0 Å². The number of aryl methyl sites for hydroxylation is 1. The zero-order valence-corrected chi connectivity index (χ0v) is 18.1. The van der Waals surface area contributed by atoms with Crippen molar-refractivity contribution in [2.45, 2.75) is 31.2 Å². The van der Waals surface area contributed by atoms with Crippen molar-refractivity contribution in [3.63, 3.8) is 0 Å². The Hall–Kier alpha value is -3.33. The van der Waals surface area contributed by atoms with Gasteiger partial charge in [0.05, 0.1) is 11.4 Å². The van der Waals surface area contributed by atoms with Gasteiger partial charge in [0.2, 0.25) is 5.91 Å². The topological polar surface area (TPSA) is 103 Å². The number of halogens is 1. The van der Waals surface area contributed by atoms with Crippen LogP contribution in [0.1, 0.15) is 29.9 Å². The highest BCUT2D eigenvalue weighted by molar-refractivity contribution is 5.83. The molecule has 0 radical (unpaired) electrons. The van der Waals surface area contributed by atoms with E-state index in [1.54, 1.807) is 36.3 Å². The summed E-state index contributed by atoms with van der Waals surface area (Å²) in [4.78, 5) is 44.2. The summed E-state index contributed by atoms with van der Waals surface area (Å²) in [5, 5.41) is 0.409. The van der Waals surface area contributed by atoms with Crippen molar-refractivity contribution in [1.82, 2.24) is 19.0 Å². The minimum atomic E-state index is -0.734. The number of fused-ring (bicyclic) bond motifs is 1. The summed E-state index contributed by atoms with van der Waals surface area (Å²) in [5.41, 5.74) is 7.29. The molecule has 1 aromatic carbocycles. The van der Waals surface area contributed by atoms with Crippen molar-refractivity contribution < 1.29 is 9.18 Å². The van der Waals surface area contributed by atoms with Gasteiger partial charge in [-0.2, -0.15) is 0 Å². The molecule has 32 heavy (non-hydrogen) atoms. The Morgan fingerprint density at radius 2 is 1.91 bits per heavy atom. The summed E-state index contributed by atoms with van der Waals surface area (Å²) in [6.45, 7) is 1.02. The smallest absolute Gasteiger partial charge is 0.332 e. The minimum Gasteiger partial charge on any atom is -0.341 e. The number of hydrogen-bond donors (Lipinski definition) is 1. The summed E-state index contributed by atoms with van der Waals surface area (Å²) < 4.78 is 15.6. The van der Waals surface area contributed by atoms with E-state index < -0.39 is 11.7 Å². The van der Waals surface area contributed by atoms with E-state index in [0.29, 0.717) is 30.5 Å². The number of carbonyl (C=O) groups excluding carboxylic acids is 1. The van der Waals surface area contributed by atoms with Gasteiger partial charge in [0.1, 0.15) is 11.5 Å². The summed E-state index contributed by atoms with van der Waals surface area (Å²) >= 11 is 0. The van der Waals surface area contributed by atoms with Crippen LogP contribution in [-0.2, 0) is 25.3 Å². The maximum atomic E-state index is 13.1. The molecule has 4 rings (SSSR count). The van der Waals surface area contributed by atoms with E-state index in [1.807, 2.05) is 0 Å². The van der Waals surface area contributed by atoms with Crippen LogP contribution in [0, 0.1) is 5.82 Å². The largest absolute Gasteiger partial charge is 0.341 e. The highest BCUT2D eigenvalue weighted by Crippen LogP contribution is 2.30. The Kier molecular flexibility index (Phi) is 5.92. The zero-order valence-electron chi connectivity index (χ0n) is 18.1. The first-order chi connectivity index (χ1) is 15.3. The van der Waals surface area contributed by atoms with E-state index in [0.717, 1.165) is 28.5 Å². The first kappa shape index (κ1) is 21.9. The summed E-state index contributed by atoms with van der Waals surface area (Å²) in [5.74, 6) is -0.570. The van der Waals surface area contributed by atoms with Crippen LogP contribution in [0.2, 0.25) is 0 Å². The van der Waals surface area contributed by atoms with Crippen molar-refractivity contribution in [3.8, 4) is 0 Å². The van der Waals surface area contributed by atoms with Crippen molar-refractivity contribution >= 4 is 16.9 Å². The van der Waals surface area contributed by atoms with Crippen LogP contribution >= 0.6 is 0 Å². The van der Waals surface area contributed by atoms with E-state index >= 15 is 0 Å². The van der Waals surface area contributed by atoms with Crippen molar-refractivity contribution in [2.24, 2.45) is 19.8 Å². The van der Waals surface area contributed by atoms with Crippen LogP contribution in [0.15, 0.2) is 46.1 Å². The van der Waals surface area contributed by atoms with Crippen LogP contribution in [0.4, 0.5) is 4.39 Å². The van der Waals surface area contributed by atoms with Gasteiger partial charge in [0.25, 0.3) is 5.56 Å². The van der Waals surface area contributed by atoms with Gasteiger partial charge in [-0.05, 0) is 48.6 Å². The molecule has 1 fully saturated rings. The van der Waals surface area contributed by atoms with Crippen LogP contribution < -0.4 is 17.0 Å². The monoisotopic (exact) mass is 439 g/mol. The third kappa shape index (κ3) is 3.95. The Morgan fingerprint density at radius 1 is 1.19 bits per heavy atom. The molecule has 0 aliphatic carbocycles. The number of carbonyl (C=O) groups is 1.